The molecule has 0 amide bonds. The fourth-order valence-corrected chi connectivity index (χ4v) is 1.32. The SMILES string of the molecule is Cc1ccc([C@H](CC(=O)O)C(=O)O)cc1. The standard InChI is InChI=1S/C11H12O4/c1-7-2-4-8(5-3-7)9(11(14)15)6-10(12)13/h2-5,9H,6H2,1H3,(H,12,13)(H,14,15)/t9-/m0/s1. The maximum atomic E-state index is 10.9. The first kappa shape index (κ1) is 11.2. The summed E-state index contributed by atoms with van der Waals surface area (Å²) >= 11 is 0. The molecule has 0 saturated heterocycles. The summed E-state index contributed by atoms with van der Waals surface area (Å²) in [6.07, 6.45) is -0.390. The van der Waals surface area contributed by atoms with Crippen molar-refractivity contribution in [1.82, 2.24) is 0 Å². The van der Waals surface area contributed by atoms with E-state index >= 15 is 0 Å². The lowest BCUT2D eigenvalue weighted by molar-refractivity contribution is -0.145. The molecule has 0 aliphatic carbocycles. The van der Waals surface area contributed by atoms with Crippen molar-refractivity contribution in [3.63, 3.8) is 0 Å². The molecular formula is C11H12O4. The predicted molar refractivity (Wildman–Crippen MR) is 53.8 cm³/mol. The summed E-state index contributed by atoms with van der Waals surface area (Å²) in [5.74, 6) is -3.19. The number of hydrogen-bond acceptors (Lipinski definition) is 2. The summed E-state index contributed by atoms with van der Waals surface area (Å²) in [6.45, 7) is 1.89. The molecule has 4 nitrogen and oxygen atoms in total. The Hall–Kier alpha value is -1.84. The van der Waals surface area contributed by atoms with Crippen molar-refractivity contribution >= 4 is 11.9 Å². The van der Waals surface area contributed by atoms with E-state index in [1.54, 1.807) is 24.3 Å². The maximum absolute atomic E-state index is 10.9. The van der Waals surface area contributed by atoms with Gasteiger partial charge in [-0.2, -0.15) is 0 Å². The molecule has 0 bridgehead atoms. The molecule has 80 valence electrons. The van der Waals surface area contributed by atoms with Crippen LogP contribution in [0.1, 0.15) is 23.5 Å². The third-order valence-electron chi connectivity index (χ3n) is 2.16. The van der Waals surface area contributed by atoms with Gasteiger partial charge in [-0.3, -0.25) is 9.59 Å². The Morgan fingerprint density at radius 2 is 1.73 bits per heavy atom. The van der Waals surface area contributed by atoms with Crippen molar-refractivity contribution < 1.29 is 19.8 Å². The van der Waals surface area contributed by atoms with Gasteiger partial charge in [0.15, 0.2) is 0 Å². The normalized spacial score (nSPS) is 12.1. The van der Waals surface area contributed by atoms with E-state index in [4.69, 9.17) is 10.2 Å². The second kappa shape index (κ2) is 4.59. The third-order valence-corrected chi connectivity index (χ3v) is 2.16. The van der Waals surface area contributed by atoms with Gasteiger partial charge >= 0.3 is 11.9 Å². The Morgan fingerprint density at radius 1 is 1.20 bits per heavy atom. The maximum Gasteiger partial charge on any atom is 0.311 e. The largest absolute Gasteiger partial charge is 0.481 e. The molecular weight excluding hydrogens is 196 g/mol. The van der Waals surface area contributed by atoms with Crippen molar-refractivity contribution in [3.05, 3.63) is 35.4 Å². The Bertz CT molecular complexity index is 367. The number of carboxylic acids is 2. The average molecular weight is 208 g/mol. The highest BCUT2D eigenvalue weighted by molar-refractivity contribution is 5.82. The number of hydrogen-bond donors (Lipinski definition) is 2. The zero-order valence-electron chi connectivity index (χ0n) is 8.30. The number of carboxylic acid groups (broad SMARTS) is 2. The molecule has 0 fully saturated rings. The van der Waals surface area contributed by atoms with E-state index in [2.05, 4.69) is 0 Å². The number of rotatable bonds is 4. The molecule has 0 heterocycles. The Labute approximate surface area is 87.2 Å². The van der Waals surface area contributed by atoms with Crippen LogP contribution in [-0.4, -0.2) is 22.2 Å². The van der Waals surface area contributed by atoms with Crippen LogP contribution >= 0.6 is 0 Å². The molecule has 0 spiro atoms. The van der Waals surface area contributed by atoms with Crippen molar-refractivity contribution in [1.29, 1.82) is 0 Å². The van der Waals surface area contributed by atoms with Gasteiger partial charge in [0, 0.05) is 0 Å². The molecule has 0 unspecified atom stereocenters. The van der Waals surface area contributed by atoms with Gasteiger partial charge in [0.05, 0.1) is 12.3 Å². The number of carbonyl (C=O) groups is 2. The lowest BCUT2D eigenvalue weighted by Crippen LogP contribution is -2.15. The van der Waals surface area contributed by atoms with Gasteiger partial charge in [0.25, 0.3) is 0 Å². The van der Waals surface area contributed by atoms with Crippen LogP contribution in [0.25, 0.3) is 0 Å². The summed E-state index contributed by atoms with van der Waals surface area (Å²) in [6, 6.07) is 6.84. The van der Waals surface area contributed by atoms with Crippen LogP contribution in [0.5, 0.6) is 0 Å². The van der Waals surface area contributed by atoms with Crippen LogP contribution in [0.15, 0.2) is 24.3 Å². The van der Waals surface area contributed by atoms with Gasteiger partial charge in [0.1, 0.15) is 0 Å². The molecule has 1 aromatic rings. The summed E-state index contributed by atoms with van der Waals surface area (Å²) < 4.78 is 0. The summed E-state index contributed by atoms with van der Waals surface area (Å²) in [7, 11) is 0. The molecule has 0 aliphatic heterocycles. The van der Waals surface area contributed by atoms with Crippen molar-refractivity contribution in [2.45, 2.75) is 19.3 Å². The van der Waals surface area contributed by atoms with Crippen molar-refractivity contribution in [3.8, 4) is 0 Å². The van der Waals surface area contributed by atoms with Crippen LogP contribution < -0.4 is 0 Å². The Kier molecular flexibility index (Phi) is 3.44. The number of aryl methyl sites for hydroxylation is 1. The van der Waals surface area contributed by atoms with Crippen LogP contribution in [-0.2, 0) is 9.59 Å². The number of aliphatic carboxylic acids is 2. The molecule has 2 N–H and O–H groups in total. The highest BCUT2D eigenvalue weighted by Gasteiger charge is 2.22. The van der Waals surface area contributed by atoms with Crippen molar-refractivity contribution in [2.75, 3.05) is 0 Å². The van der Waals surface area contributed by atoms with Gasteiger partial charge in [-0.15, -0.1) is 0 Å². The number of benzene rings is 1. The highest BCUT2D eigenvalue weighted by atomic mass is 16.4. The lowest BCUT2D eigenvalue weighted by atomic mass is 9.95. The molecule has 0 radical (unpaired) electrons. The molecule has 0 saturated carbocycles. The monoisotopic (exact) mass is 208 g/mol. The minimum Gasteiger partial charge on any atom is -0.481 e. The first-order valence-electron chi connectivity index (χ1n) is 4.52. The predicted octanol–water partition coefficient (Wildman–Crippen LogP) is 1.64. The smallest absolute Gasteiger partial charge is 0.311 e. The van der Waals surface area contributed by atoms with Crippen molar-refractivity contribution in [2.24, 2.45) is 0 Å². The topological polar surface area (TPSA) is 74.6 Å². The average Bonchev–Trinajstić information content (AvgIpc) is 2.15. The zero-order valence-corrected chi connectivity index (χ0v) is 8.30. The third kappa shape index (κ3) is 3.09. The van der Waals surface area contributed by atoms with E-state index in [1.165, 1.54) is 0 Å². The van der Waals surface area contributed by atoms with E-state index in [0.717, 1.165) is 5.56 Å². The summed E-state index contributed by atoms with van der Waals surface area (Å²) in [5.41, 5.74) is 1.54. The summed E-state index contributed by atoms with van der Waals surface area (Å²) in [5, 5.41) is 17.5. The Morgan fingerprint density at radius 3 is 2.13 bits per heavy atom. The molecule has 4 heteroatoms. The second-order valence-electron chi connectivity index (χ2n) is 3.40. The van der Waals surface area contributed by atoms with Gasteiger partial charge in [-0.25, -0.2) is 0 Å². The summed E-state index contributed by atoms with van der Waals surface area (Å²) in [4.78, 5) is 21.3. The molecule has 15 heavy (non-hydrogen) atoms. The van der Waals surface area contributed by atoms with Gasteiger partial charge in [-0.05, 0) is 12.5 Å². The molecule has 0 aromatic heterocycles. The van der Waals surface area contributed by atoms with E-state index in [1.807, 2.05) is 6.92 Å². The van der Waals surface area contributed by atoms with E-state index in [-0.39, 0.29) is 0 Å². The van der Waals surface area contributed by atoms with Crippen LogP contribution in [0.3, 0.4) is 0 Å². The second-order valence-corrected chi connectivity index (χ2v) is 3.40. The molecule has 1 aromatic carbocycles. The van der Waals surface area contributed by atoms with E-state index < -0.39 is 24.3 Å². The molecule has 1 atom stereocenters. The highest BCUT2D eigenvalue weighted by Crippen LogP contribution is 2.20. The van der Waals surface area contributed by atoms with Crippen LogP contribution in [0.4, 0.5) is 0 Å². The zero-order chi connectivity index (χ0) is 11.4. The fraction of sp³-hybridized carbons (Fsp3) is 0.273. The van der Waals surface area contributed by atoms with Gasteiger partial charge < -0.3 is 10.2 Å². The lowest BCUT2D eigenvalue weighted by Gasteiger charge is -2.10. The van der Waals surface area contributed by atoms with Gasteiger partial charge in [-0.1, -0.05) is 29.8 Å². The molecule has 1 rings (SSSR count). The van der Waals surface area contributed by atoms with E-state index in [9.17, 15) is 9.59 Å². The fourth-order valence-electron chi connectivity index (χ4n) is 1.32. The van der Waals surface area contributed by atoms with Crippen LogP contribution in [0.2, 0.25) is 0 Å². The first-order valence-corrected chi connectivity index (χ1v) is 4.52. The minimum absolute atomic E-state index is 0.390. The van der Waals surface area contributed by atoms with E-state index in [0.29, 0.717) is 5.56 Å². The minimum atomic E-state index is -1.11. The Balaban J connectivity index is 2.94. The first-order chi connectivity index (χ1) is 7.00. The molecule has 0 aliphatic rings. The van der Waals surface area contributed by atoms with Crippen LogP contribution in [0, 0.1) is 6.92 Å². The quantitative estimate of drug-likeness (QED) is 0.788. The van der Waals surface area contributed by atoms with Gasteiger partial charge in [0.2, 0.25) is 0 Å².